The molecule has 1 atom stereocenters. The van der Waals surface area contributed by atoms with Gasteiger partial charge in [0.2, 0.25) is 0 Å². The van der Waals surface area contributed by atoms with Gasteiger partial charge in [0.1, 0.15) is 16.5 Å². The van der Waals surface area contributed by atoms with Crippen molar-refractivity contribution in [2.24, 2.45) is 0 Å². The smallest absolute Gasteiger partial charge is 0.290 e. The van der Waals surface area contributed by atoms with E-state index in [1.807, 2.05) is 4.90 Å². The van der Waals surface area contributed by atoms with Gasteiger partial charge in [0.15, 0.2) is 12.5 Å². The van der Waals surface area contributed by atoms with Gasteiger partial charge in [0.25, 0.3) is 5.56 Å². The Morgan fingerprint density at radius 3 is 2.97 bits per heavy atom. The number of fused-ring (bicyclic) bond motifs is 1. The normalized spacial score (nSPS) is 18.2. The van der Waals surface area contributed by atoms with Gasteiger partial charge in [-0.25, -0.2) is 9.07 Å². The van der Waals surface area contributed by atoms with Crippen molar-refractivity contribution in [2.45, 2.75) is 45.0 Å². The molecule has 9 nitrogen and oxygen atoms in total. The Balaban J connectivity index is 1.36. The summed E-state index contributed by atoms with van der Waals surface area (Å²) in [7, 11) is 0. The molecule has 11 heteroatoms. The maximum Gasteiger partial charge on any atom is 0.290 e. The predicted octanol–water partition coefficient (Wildman–Crippen LogP) is 2.75. The van der Waals surface area contributed by atoms with E-state index in [-0.39, 0.29) is 22.4 Å². The Labute approximate surface area is 193 Å². The quantitative estimate of drug-likeness (QED) is 0.527. The summed E-state index contributed by atoms with van der Waals surface area (Å²) in [6, 6.07) is 4.12. The van der Waals surface area contributed by atoms with Crippen molar-refractivity contribution in [3.8, 4) is 0 Å². The van der Waals surface area contributed by atoms with Crippen LogP contribution < -0.4 is 10.5 Å². The lowest BCUT2D eigenvalue weighted by molar-refractivity contribution is -0.0424. The van der Waals surface area contributed by atoms with E-state index in [2.05, 4.69) is 15.4 Å². The van der Waals surface area contributed by atoms with Crippen molar-refractivity contribution in [3.63, 3.8) is 0 Å². The van der Waals surface area contributed by atoms with Crippen molar-refractivity contribution < 1.29 is 13.9 Å². The molecule has 0 bridgehead atoms. The van der Waals surface area contributed by atoms with Crippen LogP contribution in [0.4, 0.5) is 10.1 Å². The minimum absolute atomic E-state index is 0.108. The van der Waals surface area contributed by atoms with E-state index in [0.29, 0.717) is 50.2 Å². The second kappa shape index (κ2) is 9.03. The summed E-state index contributed by atoms with van der Waals surface area (Å²) in [5.74, 6) is -0.459. The Morgan fingerprint density at radius 1 is 1.30 bits per heavy atom. The third-order valence-corrected chi connectivity index (χ3v) is 6.48. The summed E-state index contributed by atoms with van der Waals surface area (Å²) in [5, 5.41) is 13.0. The average molecular weight is 473 g/mol. The Kier molecular flexibility index (Phi) is 5.94. The first-order valence-corrected chi connectivity index (χ1v) is 11.2. The van der Waals surface area contributed by atoms with Crippen LogP contribution in [0.15, 0.2) is 29.2 Å². The molecule has 2 aliphatic rings. The van der Waals surface area contributed by atoms with Gasteiger partial charge in [-0.15, -0.1) is 5.10 Å². The second-order valence-corrected chi connectivity index (χ2v) is 8.57. The monoisotopic (exact) mass is 472 g/mol. The van der Waals surface area contributed by atoms with Crippen LogP contribution in [0.3, 0.4) is 0 Å². The maximum atomic E-state index is 13.4. The topological polar surface area (TPSA) is 95.1 Å². The first-order chi connectivity index (χ1) is 16.0. The lowest BCUT2D eigenvalue weighted by Gasteiger charge is -2.29. The van der Waals surface area contributed by atoms with E-state index in [0.717, 1.165) is 30.7 Å². The molecule has 0 aliphatic carbocycles. The number of anilines is 1. The van der Waals surface area contributed by atoms with E-state index in [1.165, 1.54) is 16.8 Å². The zero-order chi connectivity index (χ0) is 22.9. The molecule has 33 heavy (non-hydrogen) atoms. The summed E-state index contributed by atoms with van der Waals surface area (Å²) >= 11 is 6.46. The maximum absolute atomic E-state index is 13.4. The summed E-state index contributed by atoms with van der Waals surface area (Å²) in [4.78, 5) is 26.1. The van der Waals surface area contributed by atoms with Crippen molar-refractivity contribution in [1.29, 1.82) is 0 Å². The number of rotatable bonds is 5. The number of halogens is 2. The molecule has 0 saturated carbocycles. The molecule has 5 rings (SSSR count). The standard InChI is InChI=1S/C22H22ClFN6O3/c23-21-19(10-25-30(22(21)32)20-3-1-2-8-33-20)28-7-6-18-17(12-28)26-27-29(18)11-14-4-5-16(24)9-15(14)13-31/h4-5,9-10,13,20H,1-3,6-8,11-12H2. The zero-order valence-corrected chi connectivity index (χ0v) is 18.5. The van der Waals surface area contributed by atoms with Crippen LogP contribution in [-0.4, -0.2) is 44.2 Å². The Hall–Kier alpha value is -3.11. The molecule has 0 spiro atoms. The van der Waals surface area contributed by atoms with Crippen LogP contribution in [0.5, 0.6) is 0 Å². The molecule has 1 unspecified atom stereocenters. The zero-order valence-electron chi connectivity index (χ0n) is 17.8. The van der Waals surface area contributed by atoms with Crippen molar-refractivity contribution in [3.05, 3.63) is 68.1 Å². The molecule has 0 radical (unpaired) electrons. The van der Waals surface area contributed by atoms with Gasteiger partial charge in [0, 0.05) is 25.1 Å². The Bertz CT molecular complexity index is 1250. The van der Waals surface area contributed by atoms with Crippen LogP contribution in [0.2, 0.25) is 5.02 Å². The highest BCUT2D eigenvalue weighted by atomic mass is 35.5. The number of aromatic nitrogens is 5. The molecular formula is C22H22ClFN6O3. The lowest BCUT2D eigenvalue weighted by atomic mass is 10.1. The number of benzene rings is 1. The predicted molar refractivity (Wildman–Crippen MR) is 118 cm³/mol. The molecular weight excluding hydrogens is 451 g/mol. The van der Waals surface area contributed by atoms with Crippen molar-refractivity contribution >= 4 is 23.6 Å². The van der Waals surface area contributed by atoms with E-state index >= 15 is 0 Å². The summed E-state index contributed by atoms with van der Waals surface area (Å²) < 4.78 is 22.2. The van der Waals surface area contributed by atoms with Crippen LogP contribution in [0.1, 0.15) is 52.8 Å². The highest BCUT2D eigenvalue weighted by Crippen LogP contribution is 2.29. The molecule has 2 aliphatic heterocycles. The minimum atomic E-state index is -0.459. The fraction of sp³-hybridized carbons (Fsp3) is 0.409. The fourth-order valence-electron chi connectivity index (χ4n) is 4.36. The number of carbonyl (C=O) groups excluding carboxylic acids is 1. The van der Waals surface area contributed by atoms with Gasteiger partial charge in [-0.05, 0) is 37.0 Å². The fourth-order valence-corrected chi connectivity index (χ4v) is 4.61. The third kappa shape index (κ3) is 4.16. The van der Waals surface area contributed by atoms with Crippen LogP contribution in [0.25, 0.3) is 0 Å². The lowest BCUT2D eigenvalue weighted by Crippen LogP contribution is -2.36. The molecule has 1 aromatic carbocycles. The number of hydrogen-bond donors (Lipinski definition) is 0. The largest absolute Gasteiger partial charge is 0.362 e. The molecule has 0 N–H and O–H groups in total. The SMILES string of the molecule is O=Cc1cc(F)ccc1Cn1nnc2c1CCN(c1cnn(C3CCCCO3)c(=O)c1Cl)C2. The van der Waals surface area contributed by atoms with Gasteiger partial charge >= 0.3 is 0 Å². The molecule has 172 valence electrons. The Morgan fingerprint density at radius 2 is 2.18 bits per heavy atom. The van der Waals surface area contributed by atoms with Crippen LogP contribution >= 0.6 is 11.6 Å². The number of nitrogens with zero attached hydrogens (tertiary/aromatic N) is 6. The first-order valence-electron chi connectivity index (χ1n) is 10.8. The van der Waals surface area contributed by atoms with Crippen molar-refractivity contribution in [1.82, 2.24) is 24.8 Å². The van der Waals surface area contributed by atoms with Crippen molar-refractivity contribution in [2.75, 3.05) is 18.1 Å². The van der Waals surface area contributed by atoms with E-state index in [4.69, 9.17) is 16.3 Å². The molecule has 1 fully saturated rings. The van der Waals surface area contributed by atoms with Gasteiger partial charge in [0.05, 0.1) is 30.7 Å². The average Bonchev–Trinajstić information content (AvgIpc) is 3.24. The second-order valence-electron chi connectivity index (χ2n) is 8.19. The molecule has 4 heterocycles. The molecule has 1 saturated heterocycles. The van der Waals surface area contributed by atoms with Crippen LogP contribution in [-0.2, 0) is 24.2 Å². The van der Waals surface area contributed by atoms with E-state index in [1.54, 1.807) is 16.9 Å². The van der Waals surface area contributed by atoms with Gasteiger partial charge < -0.3 is 9.64 Å². The molecule has 0 amide bonds. The summed E-state index contributed by atoms with van der Waals surface area (Å²) in [5.41, 5.74) is 2.83. The van der Waals surface area contributed by atoms with Gasteiger partial charge in [-0.2, -0.15) is 9.78 Å². The third-order valence-electron chi connectivity index (χ3n) is 6.13. The van der Waals surface area contributed by atoms with Gasteiger partial charge in [-0.3, -0.25) is 9.59 Å². The van der Waals surface area contributed by atoms with E-state index in [9.17, 15) is 14.0 Å². The highest BCUT2D eigenvalue weighted by Gasteiger charge is 2.27. The van der Waals surface area contributed by atoms with Crippen LogP contribution in [0, 0.1) is 5.82 Å². The summed E-state index contributed by atoms with van der Waals surface area (Å²) in [6.45, 7) is 1.94. The molecule has 2 aromatic heterocycles. The molecule has 3 aromatic rings. The number of carbonyl (C=O) groups is 1. The number of ether oxygens (including phenoxy) is 1. The summed E-state index contributed by atoms with van der Waals surface area (Å²) in [6.07, 6.45) is 5.17. The number of hydrogen-bond acceptors (Lipinski definition) is 7. The highest BCUT2D eigenvalue weighted by molar-refractivity contribution is 6.33. The van der Waals surface area contributed by atoms with Gasteiger partial charge in [-0.1, -0.05) is 22.9 Å². The number of aldehydes is 1. The van der Waals surface area contributed by atoms with E-state index < -0.39 is 5.82 Å². The minimum Gasteiger partial charge on any atom is -0.362 e. The first kappa shape index (κ1) is 21.7.